The summed E-state index contributed by atoms with van der Waals surface area (Å²) in [6.07, 6.45) is 0. The summed E-state index contributed by atoms with van der Waals surface area (Å²) in [6.45, 7) is 0. The minimum absolute atomic E-state index is 0.897. The highest BCUT2D eigenvalue weighted by Crippen LogP contribution is 2.45. The SMILES string of the molecule is c1ccc(-c2cccc(-n3c4cccc(-c5ccc6oc7ccccc7c6c5)c4c4c(-c5ccc6oc7ccccc7c6c5)cccc43)c2)cc1. The average Bonchev–Trinajstić information content (AvgIpc) is 3.87. The monoisotopic (exact) mass is 651 g/mol. The van der Waals surface area contributed by atoms with Crippen LogP contribution in [0.25, 0.3) is 105 Å². The summed E-state index contributed by atoms with van der Waals surface area (Å²) in [7, 11) is 0. The number of furan rings is 2. The van der Waals surface area contributed by atoms with Gasteiger partial charge >= 0.3 is 0 Å². The van der Waals surface area contributed by atoms with Crippen LogP contribution in [0.4, 0.5) is 0 Å². The molecule has 3 nitrogen and oxygen atoms in total. The van der Waals surface area contributed by atoms with E-state index in [1.807, 2.05) is 24.3 Å². The molecule has 3 heteroatoms. The van der Waals surface area contributed by atoms with Crippen LogP contribution < -0.4 is 0 Å². The number of benzene rings is 8. The highest BCUT2D eigenvalue weighted by atomic mass is 16.3. The van der Waals surface area contributed by atoms with Crippen molar-refractivity contribution < 1.29 is 8.83 Å². The van der Waals surface area contributed by atoms with Gasteiger partial charge in [-0.2, -0.15) is 0 Å². The third-order valence-corrected chi connectivity index (χ3v) is 10.4. The van der Waals surface area contributed by atoms with Gasteiger partial charge in [-0.05, 0) is 94.0 Å². The zero-order valence-electron chi connectivity index (χ0n) is 27.5. The van der Waals surface area contributed by atoms with Crippen LogP contribution in [-0.4, -0.2) is 4.57 Å². The van der Waals surface area contributed by atoms with E-state index in [1.54, 1.807) is 0 Å². The normalized spacial score (nSPS) is 11.9. The fourth-order valence-corrected chi connectivity index (χ4v) is 8.11. The Balaban J connectivity index is 1.23. The molecule has 0 N–H and O–H groups in total. The van der Waals surface area contributed by atoms with E-state index in [0.717, 1.165) is 71.7 Å². The summed E-state index contributed by atoms with van der Waals surface area (Å²) >= 11 is 0. The molecule has 238 valence electrons. The van der Waals surface area contributed by atoms with Gasteiger partial charge in [0.1, 0.15) is 22.3 Å². The van der Waals surface area contributed by atoms with Crippen molar-refractivity contribution in [2.24, 2.45) is 0 Å². The van der Waals surface area contributed by atoms with Crippen molar-refractivity contribution in [3.8, 4) is 39.1 Å². The highest BCUT2D eigenvalue weighted by Gasteiger charge is 2.21. The molecule has 0 saturated carbocycles. The summed E-state index contributed by atoms with van der Waals surface area (Å²) in [5.41, 5.74) is 14.1. The van der Waals surface area contributed by atoms with Crippen LogP contribution in [-0.2, 0) is 0 Å². The van der Waals surface area contributed by atoms with E-state index in [4.69, 9.17) is 8.83 Å². The van der Waals surface area contributed by atoms with Crippen molar-refractivity contribution in [3.63, 3.8) is 0 Å². The van der Waals surface area contributed by atoms with Crippen molar-refractivity contribution in [1.82, 2.24) is 4.57 Å². The zero-order valence-corrected chi connectivity index (χ0v) is 27.5. The van der Waals surface area contributed by atoms with Gasteiger partial charge in [0, 0.05) is 38.0 Å². The molecular formula is C48H29NO2. The maximum absolute atomic E-state index is 6.23. The first-order chi connectivity index (χ1) is 25.3. The summed E-state index contributed by atoms with van der Waals surface area (Å²) in [5, 5.41) is 6.94. The molecular weight excluding hydrogens is 623 g/mol. The number of fused-ring (bicyclic) bond motifs is 9. The number of hydrogen-bond donors (Lipinski definition) is 0. The number of hydrogen-bond acceptors (Lipinski definition) is 2. The Bertz CT molecular complexity index is 2970. The van der Waals surface area contributed by atoms with Crippen LogP contribution >= 0.6 is 0 Å². The van der Waals surface area contributed by atoms with Crippen LogP contribution in [0.3, 0.4) is 0 Å². The molecule has 8 aromatic carbocycles. The largest absolute Gasteiger partial charge is 0.456 e. The smallest absolute Gasteiger partial charge is 0.135 e. The number of para-hydroxylation sites is 2. The molecule has 0 saturated heterocycles. The van der Waals surface area contributed by atoms with E-state index in [-0.39, 0.29) is 0 Å². The Labute approximate surface area is 293 Å². The Hall–Kier alpha value is -6.84. The molecule has 0 aliphatic carbocycles. The van der Waals surface area contributed by atoms with E-state index >= 15 is 0 Å². The van der Waals surface area contributed by atoms with Gasteiger partial charge in [0.2, 0.25) is 0 Å². The lowest BCUT2D eigenvalue weighted by Crippen LogP contribution is -1.94. The number of aromatic nitrogens is 1. The van der Waals surface area contributed by atoms with E-state index < -0.39 is 0 Å². The topological polar surface area (TPSA) is 31.2 Å². The van der Waals surface area contributed by atoms with Crippen molar-refractivity contribution in [3.05, 3.63) is 176 Å². The average molecular weight is 652 g/mol. The number of rotatable bonds is 4. The molecule has 0 radical (unpaired) electrons. The molecule has 11 aromatic rings. The van der Waals surface area contributed by atoms with Gasteiger partial charge in [-0.25, -0.2) is 0 Å². The highest BCUT2D eigenvalue weighted by molar-refractivity contribution is 6.22. The Morgan fingerprint density at radius 2 is 0.804 bits per heavy atom. The van der Waals surface area contributed by atoms with Crippen LogP contribution in [0.5, 0.6) is 0 Å². The summed E-state index contributed by atoms with van der Waals surface area (Å²) in [5.74, 6) is 0. The fourth-order valence-electron chi connectivity index (χ4n) is 8.11. The standard InChI is InChI=1S/C48H29NO2/c1-2-11-30(12-3-1)31-13-8-14-34(27-31)49-41-19-9-17-35(32-23-25-45-39(28-32)37-15-4-6-21-43(37)50-45)47(41)48-36(18-10-20-42(48)49)33-24-26-46-40(29-33)38-16-5-7-22-44(38)51-46/h1-29H. The quantitative estimate of drug-likeness (QED) is 0.190. The first-order valence-electron chi connectivity index (χ1n) is 17.3. The second-order valence-electron chi connectivity index (χ2n) is 13.3. The van der Waals surface area contributed by atoms with Crippen molar-refractivity contribution >= 4 is 65.7 Å². The lowest BCUT2D eigenvalue weighted by atomic mass is 9.93. The molecule has 3 aromatic heterocycles. The predicted molar refractivity (Wildman–Crippen MR) is 212 cm³/mol. The van der Waals surface area contributed by atoms with Gasteiger partial charge < -0.3 is 13.4 Å². The minimum Gasteiger partial charge on any atom is -0.456 e. The van der Waals surface area contributed by atoms with E-state index in [1.165, 1.54) is 33.0 Å². The maximum atomic E-state index is 6.23. The summed E-state index contributed by atoms with van der Waals surface area (Å²) in [4.78, 5) is 0. The Morgan fingerprint density at radius 3 is 1.39 bits per heavy atom. The van der Waals surface area contributed by atoms with E-state index in [2.05, 4.69) is 156 Å². The molecule has 0 aliphatic heterocycles. The molecule has 0 bridgehead atoms. The van der Waals surface area contributed by atoms with Gasteiger partial charge in [-0.15, -0.1) is 0 Å². The molecule has 3 heterocycles. The van der Waals surface area contributed by atoms with Crippen LogP contribution in [0, 0.1) is 0 Å². The molecule has 0 atom stereocenters. The third kappa shape index (κ3) is 4.25. The third-order valence-electron chi connectivity index (χ3n) is 10.4. The van der Waals surface area contributed by atoms with Gasteiger partial charge in [0.25, 0.3) is 0 Å². The fraction of sp³-hybridized carbons (Fsp3) is 0. The second kappa shape index (κ2) is 10.8. The van der Waals surface area contributed by atoms with Gasteiger partial charge in [0.05, 0.1) is 11.0 Å². The molecule has 0 amide bonds. The molecule has 0 unspecified atom stereocenters. The van der Waals surface area contributed by atoms with E-state index in [9.17, 15) is 0 Å². The summed E-state index contributed by atoms with van der Waals surface area (Å²) < 4.78 is 14.9. The zero-order chi connectivity index (χ0) is 33.5. The van der Waals surface area contributed by atoms with Crippen molar-refractivity contribution in [2.45, 2.75) is 0 Å². The predicted octanol–water partition coefficient (Wildman–Crippen LogP) is 13.6. The molecule has 51 heavy (non-hydrogen) atoms. The second-order valence-corrected chi connectivity index (χ2v) is 13.3. The van der Waals surface area contributed by atoms with E-state index in [0.29, 0.717) is 0 Å². The molecule has 0 aliphatic rings. The minimum atomic E-state index is 0.897. The maximum Gasteiger partial charge on any atom is 0.135 e. The molecule has 11 rings (SSSR count). The Kier molecular flexibility index (Phi) is 5.96. The lowest BCUT2D eigenvalue weighted by molar-refractivity contribution is 0.668. The van der Waals surface area contributed by atoms with Crippen molar-refractivity contribution in [2.75, 3.05) is 0 Å². The van der Waals surface area contributed by atoms with Gasteiger partial charge in [-0.1, -0.05) is 115 Å². The Morgan fingerprint density at radius 1 is 0.314 bits per heavy atom. The lowest BCUT2D eigenvalue weighted by Gasteiger charge is -2.11. The van der Waals surface area contributed by atoms with Crippen LogP contribution in [0.2, 0.25) is 0 Å². The molecule has 0 spiro atoms. The first-order valence-corrected chi connectivity index (χ1v) is 17.3. The van der Waals surface area contributed by atoms with Crippen molar-refractivity contribution in [1.29, 1.82) is 0 Å². The van der Waals surface area contributed by atoms with Crippen LogP contribution in [0.15, 0.2) is 185 Å². The van der Waals surface area contributed by atoms with Gasteiger partial charge in [-0.3, -0.25) is 0 Å². The number of nitrogens with zero attached hydrogens (tertiary/aromatic N) is 1. The van der Waals surface area contributed by atoms with Gasteiger partial charge in [0.15, 0.2) is 0 Å². The first kappa shape index (κ1) is 28.0. The summed E-state index contributed by atoms with van der Waals surface area (Å²) in [6, 6.07) is 62.7. The van der Waals surface area contributed by atoms with Crippen LogP contribution in [0.1, 0.15) is 0 Å². The molecule has 0 fully saturated rings.